The van der Waals surface area contributed by atoms with Gasteiger partial charge in [0.1, 0.15) is 17.4 Å². The first-order valence-corrected chi connectivity index (χ1v) is 10.4. The molecule has 0 radical (unpaired) electrons. The number of allylic oxidation sites excluding steroid dienone is 1. The molecule has 3 N–H and O–H groups in total. The number of amides is 1. The van der Waals surface area contributed by atoms with E-state index in [-0.39, 0.29) is 17.9 Å². The van der Waals surface area contributed by atoms with E-state index in [2.05, 4.69) is 34.0 Å². The van der Waals surface area contributed by atoms with Gasteiger partial charge in [-0.15, -0.1) is 0 Å². The zero-order valence-corrected chi connectivity index (χ0v) is 17.2. The number of fused-ring (bicyclic) bond motifs is 1. The van der Waals surface area contributed by atoms with E-state index in [0.717, 1.165) is 35.2 Å². The quantitative estimate of drug-likeness (QED) is 0.599. The lowest BCUT2D eigenvalue weighted by Crippen LogP contribution is -2.26. The third-order valence-corrected chi connectivity index (χ3v) is 5.55. The Labute approximate surface area is 171 Å². The van der Waals surface area contributed by atoms with Gasteiger partial charge in [0.2, 0.25) is 5.91 Å². The molecule has 2 heterocycles. The molecule has 7 nitrogen and oxygen atoms in total. The molecule has 2 fully saturated rings. The van der Waals surface area contributed by atoms with Crippen molar-refractivity contribution in [2.75, 3.05) is 6.54 Å². The van der Waals surface area contributed by atoms with Crippen molar-refractivity contribution in [2.45, 2.75) is 58.2 Å². The highest BCUT2D eigenvalue weighted by Gasteiger charge is 2.30. The molecule has 1 amide bonds. The molecule has 29 heavy (non-hydrogen) atoms. The van der Waals surface area contributed by atoms with Crippen molar-refractivity contribution in [3.63, 3.8) is 0 Å². The summed E-state index contributed by atoms with van der Waals surface area (Å²) in [5.41, 5.74) is 2.99. The zero-order chi connectivity index (χ0) is 20.5. The van der Waals surface area contributed by atoms with Crippen LogP contribution in [0.25, 0.3) is 11.0 Å². The van der Waals surface area contributed by atoms with Crippen LogP contribution in [0.3, 0.4) is 0 Å². The molecule has 7 heteroatoms. The number of carbonyl (C=O) groups is 1. The van der Waals surface area contributed by atoms with Crippen molar-refractivity contribution in [3.8, 4) is 5.75 Å². The number of imidazole rings is 1. The summed E-state index contributed by atoms with van der Waals surface area (Å²) in [5.74, 6) is 0.966. The Morgan fingerprint density at radius 1 is 1.38 bits per heavy atom. The lowest BCUT2D eigenvalue weighted by molar-refractivity contribution is -0.119. The van der Waals surface area contributed by atoms with Crippen LogP contribution >= 0.6 is 0 Å². The predicted octanol–water partition coefficient (Wildman–Crippen LogP) is 3.15. The summed E-state index contributed by atoms with van der Waals surface area (Å²) >= 11 is 0. The molecule has 4 rings (SSSR count). The first-order chi connectivity index (χ1) is 13.9. The zero-order valence-electron chi connectivity index (χ0n) is 17.2. The van der Waals surface area contributed by atoms with Gasteiger partial charge in [0, 0.05) is 36.5 Å². The molecular formula is C22H29N5O2. The van der Waals surface area contributed by atoms with Gasteiger partial charge in [-0.3, -0.25) is 4.79 Å². The van der Waals surface area contributed by atoms with Gasteiger partial charge in [0.05, 0.1) is 17.6 Å². The number of rotatable bonds is 8. The summed E-state index contributed by atoms with van der Waals surface area (Å²) in [6.45, 7) is 6.77. The topological polar surface area (TPSA) is 92.0 Å². The maximum atomic E-state index is 11.6. The van der Waals surface area contributed by atoms with E-state index in [1.165, 1.54) is 0 Å². The Bertz CT molecular complexity index is 958. The number of nitrogens with zero attached hydrogens (tertiary/aromatic N) is 2. The highest BCUT2D eigenvalue weighted by atomic mass is 16.5. The summed E-state index contributed by atoms with van der Waals surface area (Å²) in [6, 6.07) is 4.69. The molecule has 0 bridgehead atoms. The number of benzene rings is 1. The van der Waals surface area contributed by atoms with Crippen LogP contribution in [0.5, 0.6) is 5.75 Å². The standard InChI is InChI=1S/C22H29N5O2/c1-13(2)24-7-6-18(23)15-8-19-22(27(12-26-19)17-4-5-17)20(9-15)29-14(3)16-10-21(28)25-11-16/h6-9,12-14,16-17,23-24H,4-5,10-11H2,1-3H3,(H,25,28)/b7-6-,23-18?/t14-,16-/m1/s1. The largest absolute Gasteiger partial charge is 0.488 e. The number of hydrogen-bond acceptors (Lipinski definition) is 5. The van der Waals surface area contributed by atoms with E-state index in [0.29, 0.717) is 30.8 Å². The van der Waals surface area contributed by atoms with Crippen LogP contribution in [0.4, 0.5) is 0 Å². The van der Waals surface area contributed by atoms with Gasteiger partial charge in [-0.2, -0.15) is 0 Å². The van der Waals surface area contributed by atoms with E-state index >= 15 is 0 Å². The molecule has 2 aliphatic rings. The van der Waals surface area contributed by atoms with Gasteiger partial charge in [0.25, 0.3) is 0 Å². The van der Waals surface area contributed by atoms with Crippen molar-refractivity contribution in [3.05, 3.63) is 36.3 Å². The first kappa shape index (κ1) is 19.5. The van der Waals surface area contributed by atoms with Crippen molar-refractivity contribution in [1.29, 1.82) is 5.41 Å². The van der Waals surface area contributed by atoms with Crippen molar-refractivity contribution >= 4 is 22.7 Å². The summed E-state index contributed by atoms with van der Waals surface area (Å²) in [5, 5.41) is 14.5. The van der Waals surface area contributed by atoms with E-state index < -0.39 is 0 Å². The van der Waals surface area contributed by atoms with Crippen LogP contribution in [-0.4, -0.2) is 39.9 Å². The van der Waals surface area contributed by atoms with Crippen LogP contribution in [0.1, 0.15) is 51.6 Å². The molecule has 0 unspecified atom stereocenters. The van der Waals surface area contributed by atoms with E-state index in [1.807, 2.05) is 25.4 Å². The molecule has 2 atom stereocenters. The summed E-state index contributed by atoms with van der Waals surface area (Å²) < 4.78 is 8.57. The molecule has 1 aromatic heterocycles. The average molecular weight is 396 g/mol. The van der Waals surface area contributed by atoms with Gasteiger partial charge in [-0.05, 0) is 58.0 Å². The lowest BCUT2D eigenvalue weighted by Gasteiger charge is -2.21. The molecule has 2 aromatic rings. The molecule has 1 saturated heterocycles. The Morgan fingerprint density at radius 3 is 2.83 bits per heavy atom. The number of nitrogens with one attached hydrogen (secondary N) is 3. The SMILES string of the molecule is CC(C)N/C=C\C(=N)c1cc(O[C@H](C)[C@H]2CNC(=O)C2)c2c(c1)ncn2C1CC1. The first-order valence-electron chi connectivity index (χ1n) is 10.4. The highest BCUT2D eigenvalue weighted by molar-refractivity contribution is 6.08. The predicted molar refractivity (Wildman–Crippen MR) is 113 cm³/mol. The maximum Gasteiger partial charge on any atom is 0.220 e. The third kappa shape index (κ3) is 4.28. The molecule has 154 valence electrons. The minimum absolute atomic E-state index is 0.0805. The second-order valence-corrected chi connectivity index (χ2v) is 8.38. The van der Waals surface area contributed by atoms with Crippen molar-refractivity contribution in [1.82, 2.24) is 20.2 Å². The van der Waals surface area contributed by atoms with Crippen LogP contribution in [0.2, 0.25) is 0 Å². The second kappa shape index (κ2) is 7.89. The van der Waals surface area contributed by atoms with Gasteiger partial charge >= 0.3 is 0 Å². The second-order valence-electron chi connectivity index (χ2n) is 8.38. The lowest BCUT2D eigenvalue weighted by atomic mass is 10.0. The summed E-state index contributed by atoms with van der Waals surface area (Å²) in [6.07, 6.45) is 8.13. The Hall–Kier alpha value is -2.83. The number of aromatic nitrogens is 2. The normalized spacial score (nSPS) is 20.4. The fourth-order valence-corrected chi connectivity index (χ4v) is 3.68. The van der Waals surface area contributed by atoms with Gasteiger partial charge in [-0.1, -0.05) is 0 Å². The third-order valence-electron chi connectivity index (χ3n) is 5.55. The van der Waals surface area contributed by atoms with E-state index in [1.54, 1.807) is 12.3 Å². The molecule has 0 spiro atoms. The smallest absolute Gasteiger partial charge is 0.220 e. The van der Waals surface area contributed by atoms with Crippen LogP contribution in [-0.2, 0) is 4.79 Å². The number of carbonyl (C=O) groups excluding carboxylic acids is 1. The van der Waals surface area contributed by atoms with Crippen molar-refractivity contribution < 1.29 is 9.53 Å². The fourth-order valence-electron chi connectivity index (χ4n) is 3.68. The van der Waals surface area contributed by atoms with Gasteiger partial charge in [0.15, 0.2) is 0 Å². The van der Waals surface area contributed by atoms with E-state index in [4.69, 9.17) is 10.1 Å². The average Bonchev–Trinajstić information content (AvgIpc) is 3.27. The fraction of sp³-hybridized carbons (Fsp3) is 0.500. The summed E-state index contributed by atoms with van der Waals surface area (Å²) in [4.78, 5) is 16.2. The molecule has 1 aliphatic heterocycles. The maximum absolute atomic E-state index is 11.6. The van der Waals surface area contributed by atoms with Crippen LogP contribution < -0.4 is 15.4 Å². The Kier molecular flexibility index (Phi) is 5.30. The van der Waals surface area contributed by atoms with Crippen molar-refractivity contribution in [2.24, 2.45) is 5.92 Å². The number of ether oxygens (including phenoxy) is 1. The van der Waals surface area contributed by atoms with E-state index in [9.17, 15) is 4.79 Å². The minimum Gasteiger partial charge on any atom is -0.488 e. The molecule has 1 saturated carbocycles. The molecule has 1 aliphatic carbocycles. The Morgan fingerprint density at radius 2 is 2.17 bits per heavy atom. The monoisotopic (exact) mass is 395 g/mol. The molecule has 1 aromatic carbocycles. The number of hydrogen-bond donors (Lipinski definition) is 3. The molecular weight excluding hydrogens is 366 g/mol. The Balaban J connectivity index is 1.65. The summed E-state index contributed by atoms with van der Waals surface area (Å²) in [7, 11) is 0. The van der Waals surface area contributed by atoms with Gasteiger partial charge < -0.3 is 25.3 Å². The minimum atomic E-state index is -0.109. The van der Waals surface area contributed by atoms with Crippen LogP contribution in [0, 0.1) is 11.3 Å². The van der Waals surface area contributed by atoms with Gasteiger partial charge in [-0.25, -0.2) is 4.98 Å². The van der Waals surface area contributed by atoms with Crippen LogP contribution in [0.15, 0.2) is 30.7 Å². The highest BCUT2D eigenvalue weighted by Crippen LogP contribution is 2.40.